The number of hydrogen-bond donors (Lipinski definition) is 1. The van der Waals surface area contributed by atoms with E-state index in [1.165, 1.54) is 18.4 Å². The van der Waals surface area contributed by atoms with Crippen molar-refractivity contribution in [1.82, 2.24) is 4.98 Å². The fourth-order valence-corrected chi connectivity index (χ4v) is 1.66. The fraction of sp³-hybridized carbons (Fsp3) is 0.444. The Labute approximate surface area is 77.0 Å². The zero-order valence-corrected chi connectivity index (χ0v) is 7.56. The maximum absolute atomic E-state index is 5.84. The lowest BCUT2D eigenvalue weighted by molar-refractivity contribution is 0.785. The van der Waals surface area contributed by atoms with Gasteiger partial charge in [0, 0.05) is 12.7 Å². The van der Waals surface area contributed by atoms with Crippen LogP contribution >= 0.6 is 11.6 Å². The van der Waals surface area contributed by atoms with Gasteiger partial charge in [-0.25, -0.2) is 4.98 Å². The highest BCUT2D eigenvalue weighted by Gasteiger charge is 2.07. The zero-order valence-electron chi connectivity index (χ0n) is 6.81. The van der Waals surface area contributed by atoms with E-state index in [0.717, 1.165) is 23.8 Å². The molecule has 1 aliphatic rings. The largest absolute Gasteiger partial charge is 0.370 e. The van der Waals surface area contributed by atoms with Gasteiger partial charge in [-0.3, -0.25) is 0 Å². The third-order valence-electron chi connectivity index (χ3n) is 2.10. The van der Waals surface area contributed by atoms with E-state index >= 15 is 0 Å². The molecule has 3 heteroatoms. The minimum atomic E-state index is 0.734. The first-order valence-corrected chi connectivity index (χ1v) is 4.62. The number of nitrogens with one attached hydrogen (secondary N) is 1. The number of hydrogen-bond acceptors (Lipinski definition) is 2. The second-order valence-corrected chi connectivity index (χ2v) is 3.48. The van der Waals surface area contributed by atoms with Crippen LogP contribution in [0.15, 0.2) is 12.3 Å². The average Bonchev–Trinajstić information content (AvgIpc) is 2.28. The molecular formula is C9H11ClN2. The fourth-order valence-electron chi connectivity index (χ4n) is 1.48. The van der Waals surface area contributed by atoms with Crippen molar-refractivity contribution in [1.29, 1.82) is 0 Å². The van der Waals surface area contributed by atoms with Crippen molar-refractivity contribution < 1.29 is 0 Å². The molecule has 1 aliphatic heterocycles. The number of aryl methyl sites for hydroxylation is 1. The lowest BCUT2D eigenvalue weighted by atomic mass is 10.1. The Bertz CT molecular complexity index is 286. The number of halogens is 1. The van der Waals surface area contributed by atoms with Gasteiger partial charge in [0.1, 0.15) is 5.82 Å². The molecule has 0 saturated heterocycles. The van der Waals surface area contributed by atoms with Crippen molar-refractivity contribution in [3.05, 3.63) is 22.8 Å². The van der Waals surface area contributed by atoms with Gasteiger partial charge in [0.25, 0.3) is 0 Å². The van der Waals surface area contributed by atoms with E-state index < -0.39 is 0 Å². The van der Waals surface area contributed by atoms with Crippen LogP contribution in [0.3, 0.4) is 0 Å². The summed E-state index contributed by atoms with van der Waals surface area (Å²) in [7, 11) is 0. The summed E-state index contributed by atoms with van der Waals surface area (Å²) in [6.07, 6.45) is 5.23. The van der Waals surface area contributed by atoms with Crippen LogP contribution in [0.1, 0.15) is 18.4 Å². The zero-order chi connectivity index (χ0) is 8.39. The monoisotopic (exact) mass is 182 g/mol. The van der Waals surface area contributed by atoms with Gasteiger partial charge in [-0.1, -0.05) is 11.6 Å². The van der Waals surface area contributed by atoms with Crippen LogP contribution in [0.5, 0.6) is 0 Å². The van der Waals surface area contributed by atoms with E-state index in [9.17, 15) is 0 Å². The summed E-state index contributed by atoms with van der Waals surface area (Å²) in [5.74, 6) is 1.01. The van der Waals surface area contributed by atoms with Crippen LogP contribution in [0.25, 0.3) is 0 Å². The first-order chi connectivity index (χ1) is 5.86. The maximum atomic E-state index is 5.84. The quantitative estimate of drug-likeness (QED) is 0.667. The van der Waals surface area contributed by atoms with E-state index in [-0.39, 0.29) is 0 Å². The van der Waals surface area contributed by atoms with Crippen molar-refractivity contribution in [3.8, 4) is 0 Å². The van der Waals surface area contributed by atoms with E-state index in [2.05, 4.69) is 10.3 Å². The van der Waals surface area contributed by atoms with Crippen molar-refractivity contribution in [2.75, 3.05) is 11.9 Å². The molecule has 0 atom stereocenters. The molecule has 1 aromatic rings. The average molecular weight is 183 g/mol. The van der Waals surface area contributed by atoms with Crippen LogP contribution in [-0.4, -0.2) is 11.5 Å². The summed E-state index contributed by atoms with van der Waals surface area (Å²) < 4.78 is 0. The predicted octanol–water partition coefficient (Wildman–Crippen LogP) is 2.48. The normalized spacial score (nSPS) is 16.1. The Morgan fingerprint density at radius 1 is 1.42 bits per heavy atom. The van der Waals surface area contributed by atoms with Crippen LogP contribution in [0.2, 0.25) is 5.02 Å². The van der Waals surface area contributed by atoms with Gasteiger partial charge >= 0.3 is 0 Å². The summed E-state index contributed by atoms with van der Waals surface area (Å²) in [4.78, 5) is 4.24. The lowest BCUT2D eigenvalue weighted by Crippen LogP contribution is -2.01. The number of fused-ring (bicyclic) bond motifs is 1. The molecule has 0 saturated carbocycles. The molecule has 0 aromatic carbocycles. The van der Waals surface area contributed by atoms with Gasteiger partial charge in [0.15, 0.2) is 0 Å². The Balaban J connectivity index is 2.36. The van der Waals surface area contributed by atoms with Gasteiger partial charge in [-0.05, 0) is 30.9 Å². The summed E-state index contributed by atoms with van der Waals surface area (Å²) in [5.41, 5.74) is 1.25. The first-order valence-electron chi connectivity index (χ1n) is 4.24. The molecule has 0 amide bonds. The summed E-state index contributed by atoms with van der Waals surface area (Å²) in [5, 5.41) is 4.02. The van der Waals surface area contributed by atoms with Gasteiger partial charge in [0.05, 0.1) is 5.02 Å². The van der Waals surface area contributed by atoms with Crippen LogP contribution in [-0.2, 0) is 6.42 Å². The molecule has 0 radical (unpaired) electrons. The summed E-state index contributed by atoms with van der Waals surface area (Å²) >= 11 is 5.84. The van der Waals surface area contributed by atoms with Crippen LogP contribution in [0.4, 0.5) is 5.82 Å². The van der Waals surface area contributed by atoms with Crippen molar-refractivity contribution >= 4 is 17.4 Å². The van der Waals surface area contributed by atoms with Crippen LogP contribution in [0, 0.1) is 0 Å². The standard InChI is InChI=1S/C9H11ClN2/c10-8-5-7-3-1-2-4-11-9(7)12-6-8/h5-6H,1-4H2,(H,11,12). The summed E-state index contributed by atoms with van der Waals surface area (Å²) in [6.45, 7) is 1.03. The van der Waals surface area contributed by atoms with E-state index in [0.29, 0.717) is 0 Å². The number of rotatable bonds is 0. The van der Waals surface area contributed by atoms with E-state index in [1.807, 2.05) is 6.07 Å². The Hall–Kier alpha value is -0.760. The van der Waals surface area contributed by atoms with Gasteiger partial charge < -0.3 is 5.32 Å². The summed E-state index contributed by atoms with van der Waals surface area (Å²) in [6, 6.07) is 2.00. The maximum Gasteiger partial charge on any atom is 0.129 e. The smallest absolute Gasteiger partial charge is 0.129 e. The Morgan fingerprint density at radius 3 is 3.25 bits per heavy atom. The molecule has 0 spiro atoms. The lowest BCUT2D eigenvalue weighted by Gasteiger charge is -2.05. The second-order valence-electron chi connectivity index (χ2n) is 3.05. The predicted molar refractivity (Wildman–Crippen MR) is 50.7 cm³/mol. The molecule has 0 fully saturated rings. The highest BCUT2D eigenvalue weighted by Crippen LogP contribution is 2.21. The molecule has 2 nitrogen and oxygen atoms in total. The van der Waals surface area contributed by atoms with Gasteiger partial charge in [-0.2, -0.15) is 0 Å². The molecule has 12 heavy (non-hydrogen) atoms. The molecule has 64 valence electrons. The minimum Gasteiger partial charge on any atom is -0.370 e. The highest BCUT2D eigenvalue weighted by atomic mass is 35.5. The molecule has 1 N–H and O–H groups in total. The first kappa shape index (κ1) is 7.87. The molecular weight excluding hydrogens is 172 g/mol. The second kappa shape index (κ2) is 3.31. The molecule has 2 rings (SSSR count). The number of pyridine rings is 1. The van der Waals surface area contributed by atoms with Crippen molar-refractivity contribution in [2.24, 2.45) is 0 Å². The number of anilines is 1. The number of aromatic nitrogens is 1. The minimum absolute atomic E-state index is 0.734. The molecule has 0 unspecified atom stereocenters. The Morgan fingerprint density at radius 2 is 2.33 bits per heavy atom. The molecule has 0 bridgehead atoms. The molecule has 2 heterocycles. The van der Waals surface area contributed by atoms with E-state index in [1.54, 1.807) is 6.20 Å². The SMILES string of the molecule is Clc1cnc2c(c1)CCCCN2. The Kier molecular flexibility index (Phi) is 2.17. The topological polar surface area (TPSA) is 24.9 Å². The molecule has 0 aliphatic carbocycles. The molecule has 1 aromatic heterocycles. The highest BCUT2D eigenvalue weighted by molar-refractivity contribution is 6.30. The van der Waals surface area contributed by atoms with E-state index in [4.69, 9.17) is 11.6 Å². The van der Waals surface area contributed by atoms with Gasteiger partial charge in [-0.15, -0.1) is 0 Å². The van der Waals surface area contributed by atoms with Crippen molar-refractivity contribution in [2.45, 2.75) is 19.3 Å². The third-order valence-corrected chi connectivity index (χ3v) is 2.31. The number of nitrogens with zero attached hydrogens (tertiary/aromatic N) is 1. The van der Waals surface area contributed by atoms with Crippen LogP contribution < -0.4 is 5.32 Å². The van der Waals surface area contributed by atoms with Gasteiger partial charge in [0.2, 0.25) is 0 Å². The third kappa shape index (κ3) is 1.53. The van der Waals surface area contributed by atoms with Crippen molar-refractivity contribution in [3.63, 3.8) is 0 Å².